The molecule has 2 heterocycles. The molecule has 0 radical (unpaired) electrons. The minimum absolute atomic E-state index is 0.0314. The number of benzene rings is 1. The molecule has 1 saturated heterocycles. The Bertz CT molecular complexity index is 674. The van der Waals surface area contributed by atoms with Gasteiger partial charge in [0, 0.05) is 24.0 Å². The molecule has 2 aromatic rings. The van der Waals surface area contributed by atoms with Crippen molar-refractivity contribution in [2.75, 3.05) is 11.9 Å². The maximum Gasteiger partial charge on any atom is 0.255 e. The molecule has 0 aliphatic carbocycles. The summed E-state index contributed by atoms with van der Waals surface area (Å²) in [6, 6.07) is 6.36. The van der Waals surface area contributed by atoms with Crippen LogP contribution in [-0.4, -0.2) is 29.6 Å². The van der Waals surface area contributed by atoms with E-state index >= 15 is 0 Å². The second-order valence-corrected chi connectivity index (χ2v) is 6.60. The molecule has 1 aliphatic heterocycles. The summed E-state index contributed by atoms with van der Waals surface area (Å²) in [5.74, 6) is -0.429. The van der Waals surface area contributed by atoms with Crippen molar-refractivity contribution in [3.05, 3.63) is 46.7 Å². The zero-order chi connectivity index (χ0) is 16.2. The van der Waals surface area contributed by atoms with Crippen LogP contribution in [0.15, 0.2) is 30.5 Å². The van der Waals surface area contributed by atoms with Crippen LogP contribution in [0.4, 0.5) is 9.52 Å². The molecule has 122 valence electrons. The quantitative estimate of drug-likeness (QED) is 0.879. The monoisotopic (exact) mass is 335 g/mol. The smallest absolute Gasteiger partial charge is 0.255 e. The summed E-state index contributed by atoms with van der Waals surface area (Å²) in [4.78, 5) is 17.3. The number of halogens is 1. The van der Waals surface area contributed by atoms with Crippen molar-refractivity contribution in [3.8, 4) is 0 Å². The van der Waals surface area contributed by atoms with E-state index in [0.717, 1.165) is 16.9 Å². The summed E-state index contributed by atoms with van der Waals surface area (Å²) < 4.78 is 18.5. The average Bonchev–Trinajstić information content (AvgIpc) is 3.19. The molecule has 5 nitrogen and oxygen atoms in total. The lowest BCUT2D eigenvalue weighted by atomic mass is 10.1. The summed E-state index contributed by atoms with van der Waals surface area (Å²) in [5.41, 5.74) is 6.54. The Balaban J connectivity index is 1.57. The van der Waals surface area contributed by atoms with E-state index in [1.807, 2.05) is 0 Å². The van der Waals surface area contributed by atoms with Crippen LogP contribution in [0.3, 0.4) is 0 Å². The number of amides is 1. The Morgan fingerprint density at radius 1 is 1.39 bits per heavy atom. The first-order valence-electron chi connectivity index (χ1n) is 7.49. The van der Waals surface area contributed by atoms with Gasteiger partial charge < -0.3 is 10.5 Å². The number of anilines is 1. The summed E-state index contributed by atoms with van der Waals surface area (Å²) in [7, 11) is 0. The van der Waals surface area contributed by atoms with Gasteiger partial charge in [0.2, 0.25) is 0 Å². The van der Waals surface area contributed by atoms with Crippen LogP contribution >= 0.6 is 11.3 Å². The fraction of sp³-hybridized carbons (Fsp3) is 0.375. The first-order valence-corrected chi connectivity index (χ1v) is 8.31. The van der Waals surface area contributed by atoms with Crippen LogP contribution in [0.25, 0.3) is 0 Å². The summed E-state index contributed by atoms with van der Waals surface area (Å²) >= 11 is 1.41. The highest BCUT2D eigenvalue weighted by Gasteiger charge is 2.30. The highest BCUT2D eigenvalue weighted by molar-refractivity contribution is 7.15. The number of nitrogens with zero attached hydrogens (tertiary/aromatic N) is 1. The fourth-order valence-electron chi connectivity index (χ4n) is 2.51. The van der Waals surface area contributed by atoms with Crippen LogP contribution in [0.2, 0.25) is 0 Å². The number of hydrogen-bond acceptors (Lipinski definition) is 5. The van der Waals surface area contributed by atoms with E-state index in [-0.39, 0.29) is 17.8 Å². The Labute approximate surface area is 137 Å². The van der Waals surface area contributed by atoms with Crippen molar-refractivity contribution in [1.82, 2.24) is 4.98 Å². The largest absolute Gasteiger partial charge is 0.364 e. The Hall–Kier alpha value is -1.83. The van der Waals surface area contributed by atoms with Gasteiger partial charge in [-0.15, -0.1) is 11.3 Å². The van der Waals surface area contributed by atoms with E-state index in [1.54, 1.807) is 18.3 Å². The average molecular weight is 335 g/mol. The molecule has 2 atom stereocenters. The van der Waals surface area contributed by atoms with Gasteiger partial charge in [-0.05, 0) is 30.5 Å². The molecule has 3 rings (SSSR count). The highest BCUT2D eigenvalue weighted by Crippen LogP contribution is 2.24. The van der Waals surface area contributed by atoms with Gasteiger partial charge in [-0.1, -0.05) is 12.1 Å². The van der Waals surface area contributed by atoms with Crippen LogP contribution in [0, 0.1) is 5.82 Å². The van der Waals surface area contributed by atoms with Gasteiger partial charge in [0.1, 0.15) is 11.9 Å². The van der Waals surface area contributed by atoms with Crippen molar-refractivity contribution < 1.29 is 13.9 Å². The van der Waals surface area contributed by atoms with Crippen LogP contribution in [0.5, 0.6) is 0 Å². The van der Waals surface area contributed by atoms with Crippen molar-refractivity contribution in [2.45, 2.75) is 31.5 Å². The molecular formula is C16H18FN3O2S. The van der Waals surface area contributed by atoms with Gasteiger partial charge in [-0.2, -0.15) is 0 Å². The predicted octanol–water partition coefficient (Wildman–Crippen LogP) is 2.32. The number of thiazole rings is 1. The third-order valence-electron chi connectivity index (χ3n) is 3.74. The molecule has 7 heteroatoms. The topological polar surface area (TPSA) is 77.2 Å². The minimum atomic E-state index is -0.451. The number of aromatic nitrogens is 1. The number of carbonyl (C=O) groups excluding carboxylic acids is 1. The molecule has 0 bridgehead atoms. The standard InChI is InChI=1S/C16H18FN3O2S/c17-11-3-1-10(2-4-11)7-13-9-19-16(23-13)20-15(21)14-6-5-12(8-18)22-14/h1-4,9,12,14H,5-8,18H2,(H,19,20,21)/t12-,14+/m1/s1. The molecule has 0 unspecified atom stereocenters. The molecule has 1 amide bonds. The van der Waals surface area contributed by atoms with Gasteiger partial charge >= 0.3 is 0 Å². The zero-order valence-corrected chi connectivity index (χ0v) is 13.3. The van der Waals surface area contributed by atoms with E-state index in [4.69, 9.17) is 10.5 Å². The molecule has 3 N–H and O–H groups in total. The number of hydrogen-bond donors (Lipinski definition) is 2. The third-order valence-corrected chi connectivity index (χ3v) is 4.65. The first-order chi connectivity index (χ1) is 11.1. The van der Waals surface area contributed by atoms with Crippen LogP contribution in [-0.2, 0) is 16.0 Å². The molecule has 1 aliphatic rings. The molecule has 0 spiro atoms. The van der Waals surface area contributed by atoms with Crippen LogP contribution < -0.4 is 11.1 Å². The first kappa shape index (κ1) is 16.0. The summed E-state index contributed by atoms with van der Waals surface area (Å²) in [6.45, 7) is 0.433. The van der Waals surface area contributed by atoms with E-state index in [1.165, 1.54) is 23.5 Å². The molecule has 23 heavy (non-hydrogen) atoms. The zero-order valence-electron chi connectivity index (χ0n) is 12.5. The van der Waals surface area contributed by atoms with E-state index in [0.29, 0.717) is 24.5 Å². The lowest BCUT2D eigenvalue weighted by molar-refractivity contribution is -0.126. The summed E-state index contributed by atoms with van der Waals surface area (Å²) in [5, 5.41) is 3.33. The molecule has 1 fully saturated rings. The van der Waals surface area contributed by atoms with Gasteiger partial charge in [-0.3, -0.25) is 10.1 Å². The number of nitrogens with two attached hydrogens (primary N) is 1. The van der Waals surface area contributed by atoms with E-state index in [2.05, 4.69) is 10.3 Å². The number of nitrogens with one attached hydrogen (secondary N) is 1. The maximum absolute atomic E-state index is 12.9. The Kier molecular flexibility index (Phi) is 5.00. The van der Waals surface area contributed by atoms with Crippen molar-refractivity contribution in [2.24, 2.45) is 5.73 Å². The molecule has 1 aromatic carbocycles. The van der Waals surface area contributed by atoms with Gasteiger partial charge in [0.25, 0.3) is 5.91 Å². The summed E-state index contributed by atoms with van der Waals surface area (Å²) in [6.07, 6.45) is 3.39. The van der Waals surface area contributed by atoms with Crippen molar-refractivity contribution >= 4 is 22.4 Å². The molecular weight excluding hydrogens is 317 g/mol. The normalized spacial score (nSPS) is 20.6. The van der Waals surface area contributed by atoms with Gasteiger partial charge in [-0.25, -0.2) is 9.37 Å². The lowest BCUT2D eigenvalue weighted by Crippen LogP contribution is -2.29. The van der Waals surface area contributed by atoms with Gasteiger partial charge in [0.05, 0.1) is 6.10 Å². The Morgan fingerprint density at radius 2 is 2.17 bits per heavy atom. The minimum Gasteiger partial charge on any atom is -0.364 e. The number of ether oxygens (including phenoxy) is 1. The van der Waals surface area contributed by atoms with Crippen molar-refractivity contribution in [1.29, 1.82) is 0 Å². The van der Waals surface area contributed by atoms with Crippen molar-refractivity contribution in [3.63, 3.8) is 0 Å². The maximum atomic E-state index is 12.9. The van der Waals surface area contributed by atoms with Crippen LogP contribution in [0.1, 0.15) is 23.3 Å². The van der Waals surface area contributed by atoms with Gasteiger partial charge in [0.15, 0.2) is 5.13 Å². The number of carbonyl (C=O) groups is 1. The third kappa shape index (κ3) is 4.13. The molecule has 1 aromatic heterocycles. The molecule has 0 saturated carbocycles. The SMILES string of the molecule is NC[C@H]1CC[C@@H](C(=O)Nc2ncc(Cc3ccc(F)cc3)s2)O1. The van der Waals surface area contributed by atoms with E-state index in [9.17, 15) is 9.18 Å². The predicted molar refractivity (Wildman–Crippen MR) is 86.9 cm³/mol. The second kappa shape index (κ2) is 7.16. The lowest BCUT2D eigenvalue weighted by Gasteiger charge is -2.11. The highest BCUT2D eigenvalue weighted by atomic mass is 32.1. The van der Waals surface area contributed by atoms with E-state index < -0.39 is 6.10 Å². The number of rotatable bonds is 5. The Morgan fingerprint density at radius 3 is 2.87 bits per heavy atom. The second-order valence-electron chi connectivity index (χ2n) is 5.48. The fourth-order valence-corrected chi connectivity index (χ4v) is 3.36.